The summed E-state index contributed by atoms with van der Waals surface area (Å²) < 4.78 is 35.2. The minimum absolute atomic E-state index is 0.0109. The largest absolute Gasteiger partial charge is 0.487 e. The number of carbonyl (C=O) groups is 2. The number of pyridine rings is 1. The number of guanidine groups is 1. The van der Waals surface area contributed by atoms with Gasteiger partial charge in [-0.1, -0.05) is 36.4 Å². The zero-order chi connectivity index (χ0) is 33.8. The summed E-state index contributed by atoms with van der Waals surface area (Å²) >= 11 is 0. The van der Waals surface area contributed by atoms with E-state index in [0.717, 1.165) is 23.1 Å². The number of amides is 1. The molecule has 12 nitrogen and oxygen atoms in total. The van der Waals surface area contributed by atoms with E-state index in [1.165, 1.54) is 12.1 Å². The Morgan fingerprint density at radius 3 is 2.41 bits per heavy atom. The van der Waals surface area contributed by atoms with Gasteiger partial charge in [-0.3, -0.25) is 15.0 Å². The molecule has 1 atom stereocenters. The number of benzene rings is 2. The quantitative estimate of drug-likeness (QED) is 0.103. The number of carboxylic acids is 1. The van der Waals surface area contributed by atoms with Gasteiger partial charge in [0, 0.05) is 18.5 Å². The highest BCUT2D eigenvalue weighted by atomic mass is 32.2. The van der Waals surface area contributed by atoms with Gasteiger partial charge in [-0.15, -0.1) is 0 Å². The molecule has 0 spiro atoms. The average molecular weight is 652 g/mol. The van der Waals surface area contributed by atoms with Gasteiger partial charge < -0.3 is 25.5 Å². The van der Waals surface area contributed by atoms with Crippen molar-refractivity contribution in [3.63, 3.8) is 0 Å². The third-order valence-corrected chi connectivity index (χ3v) is 9.84. The molecule has 0 saturated heterocycles. The molecule has 1 aliphatic heterocycles. The molecule has 1 aliphatic rings. The molecule has 246 valence electrons. The van der Waals surface area contributed by atoms with Crippen LogP contribution in [-0.4, -0.2) is 54.5 Å². The van der Waals surface area contributed by atoms with E-state index in [2.05, 4.69) is 20.3 Å². The molecule has 3 aromatic rings. The van der Waals surface area contributed by atoms with Gasteiger partial charge in [-0.05, 0) is 94.2 Å². The van der Waals surface area contributed by atoms with Gasteiger partial charge in [0.2, 0.25) is 5.96 Å². The lowest BCUT2D eigenvalue weighted by Gasteiger charge is -2.35. The lowest BCUT2D eigenvalue weighted by atomic mass is 9.88. The second-order valence-corrected chi connectivity index (χ2v) is 13.8. The van der Waals surface area contributed by atoms with Crippen molar-refractivity contribution in [2.75, 3.05) is 6.54 Å². The van der Waals surface area contributed by atoms with Crippen LogP contribution in [0.2, 0.25) is 0 Å². The number of hydrogen-bond donors (Lipinski definition) is 6. The molecule has 1 amide bonds. The molecule has 0 saturated carbocycles. The maximum Gasteiger partial charge on any atom is 0.326 e. The molecular formula is C33H41N5O7S. The van der Waals surface area contributed by atoms with Crippen LogP contribution in [-0.2, 0) is 27.7 Å². The number of fused-ring (bicyclic) bond motifs is 1. The summed E-state index contributed by atoms with van der Waals surface area (Å²) in [5.74, 6) is -1.77. The van der Waals surface area contributed by atoms with Crippen molar-refractivity contribution in [1.29, 1.82) is 5.41 Å². The average Bonchev–Trinajstić information content (AvgIpc) is 2.98. The van der Waals surface area contributed by atoms with Gasteiger partial charge in [0.05, 0.1) is 4.90 Å². The molecular weight excluding hydrogens is 610 g/mol. The third kappa shape index (κ3) is 7.94. The van der Waals surface area contributed by atoms with Crippen molar-refractivity contribution in [2.45, 2.75) is 83.3 Å². The molecule has 13 heteroatoms. The van der Waals surface area contributed by atoms with Crippen LogP contribution in [0.5, 0.6) is 5.75 Å². The Morgan fingerprint density at radius 2 is 1.76 bits per heavy atom. The standard InChI is InChI=1S/C33H41N5O7S/c1-19-20(2)28(21(3)24-15-16-33(4,5)45-27(19)24)46(43,44)38-32(34)35-17-9-12-26(31(41)42)37-30(40)25-14-13-23(29(39)36-25)18-22-10-7-6-8-11-22/h6-8,10-11,13-14,26H,9,12,15-18H2,1-5H3,(H,36,39)(H,37,40)(H,41,42)(H3,34,35,38)/t26-/m0/s1. The monoisotopic (exact) mass is 651 g/mol. The van der Waals surface area contributed by atoms with Crippen molar-refractivity contribution in [3.05, 3.63) is 91.9 Å². The van der Waals surface area contributed by atoms with E-state index in [1.54, 1.807) is 13.8 Å². The van der Waals surface area contributed by atoms with E-state index in [-0.39, 0.29) is 35.6 Å². The Labute approximate surface area is 268 Å². The summed E-state index contributed by atoms with van der Waals surface area (Å²) in [5, 5.41) is 22.9. The number of aliphatic carboxylic acids is 1. The maximum atomic E-state index is 13.4. The van der Waals surface area contributed by atoms with Crippen molar-refractivity contribution < 1.29 is 27.9 Å². The molecule has 0 fully saturated rings. The fourth-order valence-corrected chi connectivity index (χ4v) is 7.10. The fraction of sp³-hybridized carbons (Fsp3) is 0.394. The Hall–Kier alpha value is -4.65. The van der Waals surface area contributed by atoms with E-state index in [9.17, 15) is 27.9 Å². The van der Waals surface area contributed by atoms with E-state index in [0.29, 0.717) is 35.3 Å². The summed E-state index contributed by atoms with van der Waals surface area (Å²) in [6.45, 7) is 9.35. The lowest BCUT2D eigenvalue weighted by Crippen LogP contribution is -2.43. The highest BCUT2D eigenvalue weighted by molar-refractivity contribution is 7.90. The number of nitrogens with one attached hydrogen (secondary N) is 5. The van der Waals surface area contributed by atoms with E-state index >= 15 is 0 Å². The first-order chi connectivity index (χ1) is 21.6. The number of carbonyl (C=O) groups excluding carboxylic acids is 1. The smallest absolute Gasteiger partial charge is 0.326 e. The molecule has 2 heterocycles. The van der Waals surface area contributed by atoms with Crippen molar-refractivity contribution >= 4 is 27.9 Å². The minimum Gasteiger partial charge on any atom is -0.487 e. The molecule has 2 aromatic carbocycles. The number of ether oxygens (including phenoxy) is 1. The number of carboxylic acid groups (broad SMARTS) is 1. The number of rotatable bonds is 11. The fourth-order valence-electron chi connectivity index (χ4n) is 5.58. The first-order valence-electron chi connectivity index (χ1n) is 15.1. The zero-order valence-corrected chi connectivity index (χ0v) is 27.5. The van der Waals surface area contributed by atoms with Gasteiger partial charge >= 0.3 is 5.97 Å². The Kier molecular flexibility index (Phi) is 10.2. The van der Waals surface area contributed by atoms with Gasteiger partial charge in [0.15, 0.2) is 0 Å². The van der Waals surface area contributed by atoms with E-state index in [4.69, 9.17) is 10.1 Å². The van der Waals surface area contributed by atoms with E-state index < -0.39 is 39.5 Å². The molecule has 0 bridgehead atoms. The van der Waals surface area contributed by atoms with Gasteiger partial charge in [-0.2, -0.15) is 0 Å². The molecule has 0 unspecified atom stereocenters. The number of H-pyrrole nitrogens is 1. The lowest BCUT2D eigenvalue weighted by molar-refractivity contribution is -0.139. The SMILES string of the molecule is Cc1c(C)c(S(=O)(=O)NC(=N)NCCC[C@H](NC(=O)c2ccc(Cc3ccccc3)c(=O)[nH]2)C(=O)O)c(C)c2c1OC(C)(C)CC2. The van der Waals surface area contributed by atoms with Crippen LogP contribution in [0.1, 0.15) is 77.0 Å². The topological polar surface area (TPSA) is 191 Å². The summed E-state index contributed by atoms with van der Waals surface area (Å²) in [4.78, 5) is 39.7. The molecule has 0 aliphatic carbocycles. The second-order valence-electron chi connectivity index (χ2n) is 12.2. The van der Waals surface area contributed by atoms with Gasteiger partial charge in [0.1, 0.15) is 23.1 Å². The first-order valence-corrected chi connectivity index (χ1v) is 16.5. The van der Waals surface area contributed by atoms with Crippen LogP contribution >= 0.6 is 0 Å². The van der Waals surface area contributed by atoms with Crippen LogP contribution in [0.15, 0.2) is 52.2 Å². The summed E-state index contributed by atoms with van der Waals surface area (Å²) in [7, 11) is -4.12. The minimum atomic E-state index is -4.12. The highest BCUT2D eigenvalue weighted by Crippen LogP contribution is 2.42. The normalized spacial score (nSPS) is 14.4. The predicted octanol–water partition coefficient (Wildman–Crippen LogP) is 3.46. The van der Waals surface area contributed by atoms with Crippen LogP contribution in [0.25, 0.3) is 0 Å². The Balaban J connectivity index is 1.32. The van der Waals surface area contributed by atoms with E-state index in [1.807, 2.05) is 51.1 Å². The Bertz CT molecular complexity index is 1820. The maximum absolute atomic E-state index is 13.4. The predicted molar refractivity (Wildman–Crippen MR) is 174 cm³/mol. The molecule has 46 heavy (non-hydrogen) atoms. The first kappa shape index (κ1) is 34.2. The third-order valence-electron chi connectivity index (χ3n) is 8.22. The van der Waals surface area contributed by atoms with Crippen molar-refractivity contribution in [1.82, 2.24) is 20.3 Å². The second kappa shape index (κ2) is 13.8. The Morgan fingerprint density at radius 1 is 1.07 bits per heavy atom. The summed E-state index contributed by atoms with van der Waals surface area (Å²) in [6, 6.07) is 11.1. The molecule has 4 rings (SSSR count). The number of aromatic nitrogens is 1. The zero-order valence-electron chi connectivity index (χ0n) is 26.7. The van der Waals surface area contributed by atoms with Crippen LogP contribution in [0.4, 0.5) is 0 Å². The van der Waals surface area contributed by atoms with Gasteiger partial charge in [0.25, 0.3) is 21.5 Å². The van der Waals surface area contributed by atoms with Crippen LogP contribution in [0.3, 0.4) is 0 Å². The van der Waals surface area contributed by atoms with Crippen molar-refractivity contribution in [2.24, 2.45) is 0 Å². The van der Waals surface area contributed by atoms with Crippen molar-refractivity contribution in [3.8, 4) is 5.75 Å². The van der Waals surface area contributed by atoms with Crippen LogP contribution < -0.4 is 25.7 Å². The van der Waals surface area contributed by atoms with Crippen LogP contribution in [0, 0.1) is 26.2 Å². The summed E-state index contributed by atoms with van der Waals surface area (Å²) in [6.07, 6.45) is 1.97. The van der Waals surface area contributed by atoms with Gasteiger partial charge in [-0.25, -0.2) is 17.9 Å². The number of hydrogen-bond acceptors (Lipinski definition) is 7. The highest BCUT2D eigenvalue weighted by Gasteiger charge is 2.33. The number of aromatic amines is 1. The number of sulfonamides is 1. The molecule has 1 aromatic heterocycles. The molecule has 0 radical (unpaired) electrons. The molecule has 6 N–H and O–H groups in total. The summed E-state index contributed by atoms with van der Waals surface area (Å²) in [5.41, 5.74) is 3.25.